The Bertz CT molecular complexity index is 898. The first-order valence-corrected chi connectivity index (χ1v) is 10.7. The number of nitrogens with zero attached hydrogens (tertiary/aromatic N) is 2. The van der Waals surface area contributed by atoms with Gasteiger partial charge < -0.3 is 10.6 Å². The minimum absolute atomic E-state index is 0.142. The van der Waals surface area contributed by atoms with Crippen molar-refractivity contribution in [1.29, 1.82) is 0 Å². The summed E-state index contributed by atoms with van der Waals surface area (Å²) in [6.07, 6.45) is 0. The molecular weight excluding hydrogens is 382 g/mol. The topological polar surface area (TPSA) is 66.6 Å². The van der Waals surface area contributed by atoms with Crippen LogP contribution in [-0.2, 0) is 16.6 Å². The van der Waals surface area contributed by atoms with E-state index in [4.69, 9.17) is 17.3 Å². The highest BCUT2D eigenvalue weighted by Crippen LogP contribution is 2.29. The molecule has 2 rings (SSSR count). The molecule has 2 aromatic carbocycles. The van der Waals surface area contributed by atoms with Crippen LogP contribution in [-0.4, -0.2) is 32.9 Å². The molecule has 1 atom stereocenters. The van der Waals surface area contributed by atoms with Gasteiger partial charge in [0.05, 0.1) is 4.90 Å². The number of hydrogen-bond donors (Lipinski definition) is 1. The molecule has 27 heavy (non-hydrogen) atoms. The first kappa shape index (κ1) is 21.5. The van der Waals surface area contributed by atoms with Crippen molar-refractivity contribution in [1.82, 2.24) is 4.31 Å². The third kappa shape index (κ3) is 4.94. The summed E-state index contributed by atoms with van der Waals surface area (Å²) in [4.78, 5) is 2.15. The Labute approximate surface area is 167 Å². The lowest BCUT2D eigenvalue weighted by atomic mass is 10.1. The highest BCUT2D eigenvalue weighted by atomic mass is 35.5. The summed E-state index contributed by atoms with van der Waals surface area (Å²) in [5, 5.41) is 0.395. The van der Waals surface area contributed by atoms with E-state index < -0.39 is 10.0 Å². The van der Waals surface area contributed by atoms with Gasteiger partial charge in [0, 0.05) is 43.1 Å². The molecule has 148 valence electrons. The minimum atomic E-state index is -3.73. The van der Waals surface area contributed by atoms with Crippen LogP contribution in [0.3, 0.4) is 0 Å². The van der Waals surface area contributed by atoms with Gasteiger partial charge in [0.15, 0.2) is 0 Å². The maximum atomic E-state index is 13.4. The van der Waals surface area contributed by atoms with Crippen LogP contribution in [0.2, 0.25) is 5.02 Å². The van der Waals surface area contributed by atoms with Crippen molar-refractivity contribution in [3.05, 3.63) is 53.1 Å². The second-order valence-electron chi connectivity index (χ2n) is 7.27. The van der Waals surface area contributed by atoms with Crippen molar-refractivity contribution in [2.45, 2.75) is 38.3 Å². The molecule has 0 saturated heterocycles. The predicted octanol–water partition coefficient (Wildman–Crippen LogP) is 4.22. The number of rotatable bonds is 7. The molecule has 0 bridgehead atoms. The summed E-state index contributed by atoms with van der Waals surface area (Å²) in [6.45, 7) is 6.18. The molecular formula is C20H28ClN3O2S. The van der Waals surface area contributed by atoms with E-state index in [9.17, 15) is 8.42 Å². The molecule has 0 radical (unpaired) electrons. The van der Waals surface area contributed by atoms with E-state index in [1.807, 2.05) is 58.0 Å². The third-order valence-electron chi connectivity index (χ3n) is 4.73. The molecule has 0 heterocycles. The molecule has 5 nitrogen and oxygen atoms in total. The Morgan fingerprint density at radius 1 is 1.07 bits per heavy atom. The molecule has 7 heteroatoms. The summed E-state index contributed by atoms with van der Waals surface area (Å²) in [7, 11) is 0.123. The van der Waals surface area contributed by atoms with E-state index in [0.717, 1.165) is 11.3 Å². The van der Waals surface area contributed by atoms with Gasteiger partial charge in [-0.1, -0.05) is 31.5 Å². The molecule has 0 unspecified atom stereocenters. The highest BCUT2D eigenvalue weighted by Gasteiger charge is 2.31. The van der Waals surface area contributed by atoms with Crippen LogP contribution in [0.25, 0.3) is 0 Å². The van der Waals surface area contributed by atoms with E-state index in [0.29, 0.717) is 10.7 Å². The SMILES string of the molecule is CC(C)[C@H](C)N(Cc1cc(N)ccc1N(C)C)S(=O)(=O)c1cccc(Cl)c1. The van der Waals surface area contributed by atoms with Crippen LogP contribution in [0.15, 0.2) is 47.4 Å². The Kier molecular flexibility index (Phi) is 6.78. The van der Waals surface area contributed by atoms with E-state index >= 15 is 0 Å². The van der Waals surface area contributed by atoms with Gasteiger partial charge in [0.1, 0.15) is 0 Å². The summed E-state index contributed by atoms with van der Waals surface area (Å²) in [6, 6.07) is 11.7. The smallest absolute Gasteiger partial charge is 0.243 e. The van der Waals surface area contributed by atoms with E-state index in [2.05, 4.69) is 0 Å². The van der Waals surface area contributed by atoms with Gasteiger partial charge in [-0.05, 0) is 54.8 Å². The lowest BCUT2D eigenvalue weighted by Gasteiger charge is -2.32. The van der Waals surface area contributed by atoms with Gasteiger partial charge in [-0.25, -0.2) is 8.42 Å². The Balaban J connectivity index is 2.56. The van der Waals surface area contributed by atoms with Crippen molar-refractivity contribution < 1.29 is 8.42 Å². The number of anilines is 2. The summed E-state index contributed by atoms with van der Waals surface area (Å²) >= 11 is 6.04. The number of hydrogen-bond acceptors (Lipinski definition) is 4. The molecule has 2 N–H and O–H groups in total. The zero-order chi connectivity index (χ0) is 20.4. The normalized spacial score (nSPS) is 13.2. The second kappa shape index (κ2) is 8.50. The zero-order valence-electron chi connectivity index (χ0n) is 16.5. The molecule has 0 aliphatic rings. The number of nitrogen functional groups attached to an aromatic ring is 1. The van der Waals surface area contributed by atoms with E-state index in [1.165, 1.54) is 10.4 Å². The van der Waals surface area contributed by atoms with Gasteiger partial charge >= 0.3 is 0 Å². The average molecular weight is 410 g/mol. The Hall–Kier alpha value is -1.76. The van der Waals surface area contributed by atoms with Crippen LogP contribution in [0, 0.1) is 5.92 Å². The number of benzene rings is 2. The Morgan fingerprint density at radius 2 is 1.74 bits per heavy atom. The highest BCUT2D eigenvalue weighted by molar-refractivity contribution is 7.89. The van der Waals surface area contributed by atoms with Crippen molar-refractivity contribution in [2.24, 2.45) is 5.92 Å². The van der Waals surface area contributed by atoms with Gasteiger partial charge in [-0.2, -0.15) is 4.31 Å². The quantitative estimate of drug-likeness (QED) is 0.695. The van der Waals surface area contributed by atoms with Gasteiger partial charge in [0.2, 0.25) is 10.0 Å². The van der Waals surface area contributed by atoms with E-state index in [1.54, 1.807) is 18.2 Å². The van der Waals surface area contributed by atoms with Crippen LogP contribution >= 0.6 is 11.6 Å². The van der Waals surface area contributed by atoms with Gasteiger partial charge in [-0.3, -0.25) is 0 Å². The monoisotopic (exact) mass is 409 g/mol. The molecule has 0 saturated carbocycles. The second-order valence-corrected chi connectivity index (χ2v) is 9.60. The summed E-state index contributed by atoms with van der Waals surface area (Å²) < 4.78 is 28.4. The Morgan fingerprint density at radius 3 is 2.30 bits per heavy atom. The first-order chi connectivity index (χ1) is 12.5. The fourth-order valence-corrected chi connectivity index (χ4v) is 4.92. The maximum Gasteiger partial charge on any atom is 0.243 e. The lowest BCUT2D eigenvalue weighted by molar-refractivity contribution is 0.270. The van der Waals surface area contributed by atoms with Crippen molar-refractivity contribution in [3.8, 4) is 0 Å². The van der Waals surface area contributed by atoms with E-state index in [-0.39, 0.29) is 23.4 Å². The molecule has 0 aliphatic heterocycles. The van der Waals surface area contributed by atoms with Crippen LogP contribution in [0.5, 0.6) is 0 Å². The number of sulfonamides is 1. The third-order valence-corrected chi connectivity index (χ3v) is 6.90. The van der Waals surface area contributed by atoms with Crippen LogP contribution in [0.4, 0.5) is 11.4 Å². The first-order valence-electron chi connectivity index (χ1n) is 8.87. The van der Waals surface area contributed by atoms with Crippen molar-refractivity contribution in [3.63, 3.8) is 0 Å². The molecule has 0 aromatic heterocycles. The molecule has 0 fully saturated rings. The van der Waals surface area contributed by atoms with Crippen molar-refractivity contribution >= 4 is 33.0 Å². The number of nitrogens with two attached hydrogens (primary N) is 1. The molecule has 2 aromatic rings. The minimum Gasteiger partial charge on any atom is -0.399 e. The standard InChI is InChI=1S/C20H28ClN3O2S/c1-14(2)15(3)24(27(25,26)19-8-6-7-17(21)12-19)13-16-11-18(22)9-10-20(16)23(4)5/h6-12,14-15H,13,22H2,1-5H3/t15-/m0/s1. The molecule has 0 aliphatic carbocycles. The predicted molar refractivity (Wildman–Crippen MR) is 114 cm³/mol. The largest absolute Gasteiger partial charge is 0.399 e. The van der Waals surface area contributed by atoms with Gasteiger partial charge in [-0.15, -0.1) is 0 Å². The fraction of sp³-hybridized carbons (Fsp3) is 0.400. The maximum absolute atomic E-state index is 13.4. The zero-order valence-corrected chi connectivity index (χ0v) is 18.1. The molecule has 0 amide bonds. The summed E-state index contributed by atoms with van der Waals surface area (Å²) in [5.74, 6) is 0.142. The lowest BCUT2D eigenvalue weighted by Crippen LogP contribution is -2.41. The number of halogens is 1. The molecule has 0 spiro atoms. The van der Waals surface area contributed by atoms with Crippen molar-refractivity contribution in [2.75, 3.05) is 24.7 Å². The average Bonchev–Trinajstić information content (AvgIpc) is 2.58. The van der Waals surface area contributed by atoms with Crippen LogP contribution in [0.1, 0.15) is 26.3 Å². The summed E-state index contributed by atoms with van der Waals surface area (Å²) in [5.41, 5.74) is 8.38. The van der Waals surface area contributed by atoms with Gasteiger partial charge in [0.25, 0.3) is 0 Å². The fourth-order valence-electron chi connectivity index (χ4n) is 2.88. The van der Waals surface area contributed by atoms with Crippen LogP contribution < -0.4 is 10.6 Å².